The van der Waals surface area contributed by atoms with E-state index in [1.165, 1.54) is 10.5 Å². The molecule has 10 heteroatoms. The Kier molecular flexibility index (Phi) is 6.46. The van der Waals surface area contributed by atoms with Crippen molar-refractivity contribution in [3.8, 4) is 11.3 Å². The van der Waals surface area contributed by atoms with Crippen LogP contribution in [0.3, 0.4) is 0 Å². The van der Waals surface area contributed by atoms with Crippen molar-refractivity contribution in [3.63, 3.8) is 0 Å². The molecule has 0 atom stereocenters. The second-order valence-corrected chi connectivity index (χ2v) is 10.9. The number of rotatable bonds is 6. The molecule has 0 fully saturated rings. The largest absolute Gasteiger partial charge is 0.325 e. The number of halogens is 1. The molecule has 1 aliphatic heterocycles. The van der Waals surface area contributed by atoms with Gasteiger partial charge in [0.2, 0.25) is 5.91 Å². The van der Waals surface area contributed by atoms with Gasteiger partial charge in [-0.15, -0.1) is 0 Å². The minimum absolute atomic E-state index is 0.0308. The number of para-hydroxylation sites is 2. The van der Waals surface area contributed by atoms with Crippen molar-refractivity contribution >= 4 is 50.7 Å². The Hall–Kier alpha value is -3.40. The van der Waals surface area contributed by atoms with Gasteiger partial charge in [-0.1, -0.05) is 71.9 Å². The summed E-state index contributed by atoms with van der Waals surface area (Å²) in [5.41, 5.74) is 3.05. The van der Waals surface area contributed by atoms with Crippen molar-refractivity contribution in [2.45, 2.75) is 16.6 Å². The molecule has 0 saturated heterocycles. The van der Waals surface area contributed by atoms with Crippen molar-refractivity contribution in [1.29, 1.82) is 0 Å². The normalized spacial score (nSPS) is 13.6. The van der Waals surface area contributed by atoms with Crippen LogP contribution < -0.4 is 9.62 Å². The molecule has 7 nitrogen and oxygen atoms in total. The van der Waals surface area contributed by atoms with E-state index in [0.29, 0.717) is 32.8 Å². The van der Waals surface area contributed by atoms with Gasteiger partial charge < -0.3 is 5.32 Å². The number of thioether (sulfide) groups is 1. The van der Waals surface area contributed by atoms with E-state index in [4.69, 9.17) is 11.6 Å². The van der Waals surface area contributed by atoms with Gasteiger partial charge in [0.05, 0.1) is 29.9 Å². The minimum Gasteiger partial charge on any atom is -0.325 e. The number of nitrogens with one attached hydrogen (secondary N) is 1. The molecule has 1 aliphatic rings. The van der Waals surface area contributed by atoms with Crippen LogP contribution in [0.15, 0.2) is 95.1 Å². The van der Waals surface area contributed by atoms with Crippen LogP contribution >= 0.6 is 23.4 Å². The van der Waals surface area contributed by atoms with Gasteiger partial charge in [-0.05, 0) is 35.9 Å². The number of benzene rings is 3. The molecule has 2 heterocycles. The van der Waals surface area contributed by atoms with Gasteiger partial charge in [-0.25, -0.2) is 18.4 Å². The Balaban J connectivity index is 1.42. The fraction of sp³-hybridized carbons (Fsp3) is 0.0800. The van der Waals surface area contributed by atoms with E-state index in [2.05, 4.69) is 15.3 Å². The molecule has 0 saturated carbocycles. The summed E-state index contributed by atoms with van der Waals surface area (Å²) < 4.78 is 28.5. The quantitative estimate of drug-likeness (QED) is 0.275. The van der Waals surface area contributed by atoms with E-state index < -0.39 is 10.0 Å². The number of sulfonamides is 1. The van der Waals surface area contributed by atoms with Crippen LogP contribution in [-0.2, 0) is 21.4 Å². The molecular formula is C25H19ClN4O3S2. The first-order valence-corrected chi connectivity index (χ1v) is 13.4. The average Bonchev–Trinajstić information content (AvgIpc) is 2.87. The van der Waals surface area contributed by atoms with Gasteiger partial charge in [-0.3, -0.25) is 9.10 Å². The number of hydrogen-bond acceptors (Lipinski definition) is 6. The van der Waals surface area contributed by atoms with E-state index in [9.17, 15) is 13.2 Å². The first kappa shape index (κ1) is 23.3. The average molecular weight is 523 g/mol. The summed E-state index contributed by atoms with van der Waals surface area (Å²) in [7, 11) is -3.91. The Morgan fingerprint density at radius 2 is 1.69 bits per heavy atom. The van der Waals surface area contributed by atoms with Crippen LogP contribution in [0.1, 0.15) is 5.56 Å². The Morgan fingerprint density at radius 3 is 2.46 bits per heavy atom. The lowest BCUT2D eigenvalue weighted by Gasteiger charge is -2.31. The lowest BCUT2D eigenvalue weighted by molar-refractivity contribution is -0.113. The second-order valence-electron chi connectivity index (χ2n) is 7.72. The summed E-state index contributed by atoms with van der Waals surface area (Å²) in [4.78, 5) is 21.1. The molecule has 1 N–H and O–H groups in total. The lowest BCUT2D eigenvalue weighted by atomic mass is 10.1. The molecule has 0 spiro atoms. The highest BCUT2D eigenvalue weighted by molar-refractivity contribution is 7.99. The molecular weight excluding hydrogens is 504 g/mol. The number of carbonyl (C=O) groups is 1. The zero-order valence-electron chi connectivity index (χ0n) is 18.3. The highest BCUT2D eigenvalue weighted by atomic mass is 35.5. The van der Waals surface area contributed by atoms with Gasteiger partial charge in [0.25, 0.3) is 10.0 Å². The number of carbonyl (C=O) groups excluding carboxylic acids is 1. The Morgan fingerprint density at radius 1 is 0.971 bits per heavy atom. The topological polar surface area (TPSA) is 92.3 Å². The molecule has 5 rings (SSSR count). The predicted molar refractivity (Wildman–Crippen MR) is 138 cm³/mol. The van der Waals surface area contributed by atoms with Crippen LogP contribution in [0.4, 0.5) is 11.4 Å². The molecule has 0 bridgehead atoms. The van der Waals surface area contributed by atoms with Crippen molar-refractivity contribution in [2.24, 2.45) is 0 Å². The van der Waals surface area contributed by atoms with Crippen molar-refractivity contribution in [3.05, 3.63) is 95.6 Å². The van der Waals surface area contributed by atoms with Gasteiger partial charge in [0.15, 0.2) is 5.16 Å². The van der Waals surface area contributed by atoms with Crippen LogP contribution in [0.25, 0.3) is 11.3 Å². The molecule has 1 amide bonds. The fourth-order valence-corrected chi connectivity index (χ4v) is 6.02. The number of anilines is 2. The minimum atomic E-state index is -3.91. The molecule has 0 radical (unpaired) electrons. The summed E-state index contributed by atoms with van der Waals surface area (Å²) >= 11 is 7.13. The molecule has 176 valence electrons. The maximum absolute atomic E-state index is 13.6. The highest BCUT2D eigenvalue weighted by Gasteiger charge is 2.36. The molecule has 0 unspecified atom stereocenters. The zero-order chi connectivity index (χ0) is 24.4. The summed E-state index contributed by atoms with van der Waals surface area (Å²) in [5, 5.41) is 3.71. The van der Waals surface area contributed by atoms with Crippen molar-refractivity contribution in [1.82, 2.24) is 9.97 Å². The third-order valence-electron chi connectivity index (χ3n) is 5.36. The monoisotopic (exact) mass is 522 g/mol. The third kappa shape index (κ3) is 4.88. The second kappa shape index (κ2) is 9.69. The SMILES string of the molecule is O=C(CSc1ncc2c(n1)-c1ccccc1N(Cc1ccc(Cl)cc1)S2(=O)=O)Nc1ccccc1. The number of hydrogen-bond donors (Lipinski definition) is 1. The maximum Gasteiger partial charge on any atom is 0.268 e. The number of fused-ring (bicyclic) bond motifs is 3. The number of aromatic nitrogens is 2. The van der Waals surface area contributed by atoms with E-state index >= 15 is 0 Å². The Labute approximate surface area is 212 Å². The lowest BCUT2D eigenvalue weighted by Crippen LogP contribution is -2.34. The van der Waals surface area contributed by atoms with Crippen LogP contribution in [0, 0.1) is 0 Å². The first-order chi connectivity index (χ1) is 16.9. The summed E-state index contributed by atoms with van der Waals surface area (Å²) in [5.74, 6) is -0.116. The highest BCUT2D eigenvalue weighted by Crippen LogP contribution is 2.42. The number of nitrogens with zero attached hydrogens (tertiary/aromatic N) is 3. The number of amides is 1. The Bertz CT molecular complexity index is 1500. The van der Waals surface area contributed by atoms with Crippen LogP contribution in [0.5, 0.6) is 0 Å². The zero-order valence-corrected chi connectivity index (χ0v) is 20.6. The molecule has 0 aliphatic carbocycles. The van der Waals surface area contributed by atoms with E-state index in [-0.39, 0.29) is 23.1 Å². The van der Waals surface area contributed by atoms with E-state index in [0.717, 1.165) is 17.3 Å². The smallest absolute Gasteiger partial charge is 0.268 e. The fourth-order valence-electron chi connectivity index (χ4n) is 3.72. The molecule has 3 aromatic carbocycles. The summed E-state index contributed by atoms with van der Waals surface area (Å²) in [6.45, 7) is 0.145. The first-order valence-electron chi connectivity index (χ1n) is 10.6. The molecule has 4 aromatic rings. The van der Waals surface area contributed by atoms with E-state index in [1.807, 2.05) is 30.3 Å². The maximum atomic E-state index is 13.6. The van der Waals surface area contributed by atoms with Crippen molar-refractivity contribution in [2.75, 3.05) is 15.4 Å². The molecule has 35 heavy (non-hydrogen) atoms. The summed E-state index contributed by atoms with van der Waals surface area (Å²) in [6, 6.07) is 23.4. The van der Waals surface area contributed by atoms with Gasteiger partial charge in [0, 0.05) is 16.3 Å². The third-order valence-corrected chi connectivity index (χ3v) is 8.23. The molecule has 1 aromatic heterocycles. The van der Waals surface area contributed by atoms with Gasteiger partial charge in [0.1, 0.15) is 4.90 Å². The van der Waals surface area contributed by atoms with E-state index in [1.54, 1.807) is 48.5 Å². The van der Waals surface area contributed by atoms with Crippen LogP contribution in [-0.4, -0.2) is 30.0 Å². The van der Waals surface area contributed by atoms with Crippen molar-refractivity contribution < 1.29 is 13.2 Å². The predicted octanol–water partition coefficient (Wildman–Crippen LogP) is 5.24. The van der Waals surface area contributed by atoms with Gasteiger partial charge >= 0.3 is 0 Å². The standard InChI is InChI=1S/C25H19ClN4O3S2/c26-18-12-10-17(11-13-18)15-30-21-9-5-4-8-20(21)24-22(35(30,32)33)14-27-25(29-24)34-16-23(31)28-19-6-2-1-3-7-19/h1-14H,15-16H2,(H,28,31). The summed E-state index contributed by atoms with van der Waals surface area (Å²) in [6.07, 6.45) is 1.32. The van der Waals surface area contributed by atoms with Crippen LogP contribution in [0.2, 0.25) is 5.02 Å². The van der Waals surface area contributed by atoms with Gasteiger partial charge in [-0.2, -0.15) is 0 Å².